The van der Waals surface area contributed by atoms with Crippen molar-refractivity contribution in [1.82, 2.24) is 5.32 Å². The van der Waals surface area contributed by atoms with Gasteiger partial charge in [-0.05, 0) is 37.6 Å². The quantitative estimate of drug-likeness (QED) is 0.736. The summed E-state index contributed by atoms with van der Waals surface area (Å²) in [7, 11) is 0. The molecule has 1 N–H and O–H groups in total. The standard InChI is InChI=1S/C13H19F2N/c1-3-10(2)9-16-8-7-11-12(14)5-4-6-13(11)15/h4-6,10,16H,3,7-9H2,1-2H3. The van der Waals surface area contributed by atoms with Crippen LogP contribution in [0.4, 0.5) is 8.78 Å². The van der Waals surface area contributed by atoms with E-state index in [0.29, 0.717) is 18.9 Å². The molecule has 16 heavy (non-hydrogen) atoms. The summed E-state index contributed by atoms with van der Waals surface area (Å²) in [4.78, 5) is 0. The fourth-order valence-electron chi connectivity index (χ4n) is 1.48. The molecule has 1 unspecified atom stereocenters. The average Bonchev–Trinajstić information content (AvgIpc) is 2.27. The lowest BCUT2D eigenvalue weighted by atomic mass is 10.1. The van der Waals surface area contributed by atoms with Gasteiger partial charge in [-0.1, -0.05) is 26.3 Å². The van der Waals surface area contributed by atoms with Crippen LogP contribution in [-0.4, -0.2) is 13.1 Å². The second kappa shape index (κ2) is 6.59. The first-order chi connectivity index (χ1) is 7.65. The first-order valence-corrected chi connectivity index (χ1v) is 5.78. The molecule has 1 aromatic rings. The molecule has 90 valence electrons. The third-order valence-corrected chi connectivity index (χ3v) is 2.80. The number of nitrogens with one attached hydrogen (secondary N) is 1. The molecule has 0 aliphatic carbocycles. The first-order valence-electron chi connectivity index (χ1n) is 5.78. The van der Waals surface area contributed by atoms with Crippen LogP contribution >= 0.6 is 0 Å². The molecule has 0 amide bonds. The van der Waals surface area contributed by atoms with Gasteiger partial charge in [0.2, 0.25) is 0 Å². The monoisotopic (exact) mass is 227 g/mol. The molecular weight excluding hydrogens is 208 g/mol. The Labute approximate surface area is 95.9 Å². The summed E-state index contributed by atoms with van der Waals surface area (Å²) in [6.07, 6.45) is 1.51. The van der Waals surface area contributed by atoms with Gasteiger partial charge in [-0.3, -0.25) is 0 Å². The molecule has 0 aliphatic heterocycles. The smallest absolute Gasteiger partial charge is 0.129 e. The van der Waals surface area contributed by atoms with E-state index in [0.717, 1.165) is 13.0 Å². The zero-order valence-corrected chi connectivity index (χ0v) is 9.89. The molecule has 0 saturated heterocycles. The lowest BCUT2D eigenvalue weighted by molar-refractivity contribution is 0.493. The van der Waals surface area contributed by atoms with Crippen molar-refractivity contribution < 1.29 is 8.78 Å². The van der Waals surface area contributed by atoms with E-state index < -0.39 is 11.6 Å². The van der Waals surface area contributed by atoms with E-state index in [9.17, 15) is 8.78 Å². The first kappa shape index (κ1) is 13.1. The van der Waals surface area contributed by atoms with E-state index >= 15 is 0 Å². The number of halogens is 2. The van der Waals surface area contributed by atoms with Crippen LogP contribution < -0.4 is 5.32 Å². The van der Waals surface area contributed by atoms with Crippen LogP contribution in [0.5, 0.6) is 0 Å². The molecule has 3 heteroatoms. The lowest BCUT2D eigenvalue weighted by Crippen LogP contribution is -2.23. The Kier molecular flexibility index (Phi) is 5.39. The molecule has 1 nitrogen and oxygen atoms in total. The van der Waals surface area contributed by atoms with Gasteiger partial charge in [-0.2, -0.15) is 0 Å². The van der Waals surface area contributed by atoms with Gasteiger partial charge in [0, 0.05) is 5.56 Å². The largest absolute Gasteiger partial charge is 0.316 e. The Bertz CT molecular complexity index is 305. The van der Waals surface area contributed by atoms with Crippen LogP contribution in [-0.2, 0) is 6.42 Å². The van der Waals surface area contributed by atoms with Gasteiger partial charge >= 0.3 is 0 Å². The van der Waals surface area contributed by atoms with Gasteiger partial charge in [-0.15, -0.1) is 0 Å². The summed E-state index contributed by atoms with van der Waals surface area (Å²) in [5.41, 5.74) is 0.180. The maximum Gasteiger partial charge on any atom is 0.129 e. The third kappa shape index (κ3) is 3.89. The van der Waals surface area contributed by atoms with E-state index in [1.165, 1.54) is 18.2 Å². The van der Waals surface area contributed by atoms with Crippen LogP contribution in [0.25, 0.3) is 0 Å². The van der Waals surface area contributed by atoms with Crippen molar-refractivity contribution in [2.24, 2.45) is 5.92 Å². The fourth-order valence-corrected chi connectivity index (χ4v) is 1.48. The summed E-state index contributed by atoms with van der Waals surface area (Å²) in [5, 5.41) is 3.21. The molecule has 0 heterocycles. The third-order valence-electron chi connectivity index (χ3n) is 2.80. The molecule has 1 aromatic carbocycles. The van der Waals surface area contributed by atoms with Crippen molar-refractivity contribution in [3.05, 3.63) is 35.4 Å². The zero-order chi connectivity index (χ0) is 12.0. The van der Waals surface area contributed by atoms with Crippen molar-refractivity contribution in [3.8, 4) is 0 Å². The lowest BCUT2D eigenvalue weighted by Gasteiger charge is -2.10. The fraction of sp³-hybridized carbons (Fsp3) is 0.538. The topological polar surface area (TPSA) is 12.0 Å². The molecule has 1 rings (SSSR count). The van der Waals surface area contributed by atoms with Crippen LogP contribution in [0.1, 0.15) is 25.8 Å². The minimum Gasteiger partial charge on any atom is -0.316 e. The minimum absolute atomic E-state index is 0.180. The Morgan fingerprint density at radius 2 is 1.88 bits per heavy atom. The van der Waals surface area contributed by atoms with Crippen molar-refractivity contribution in [3.63, 3.8) is 0 Å². The molecule has 0 fully saturated rings. The number of hydrogen-bond acceptors (Lipinski definition) is 1. The molecule has 0 aliphatic rings. The average molecular weight is 227 g/mol. The summed E-state index contributed by atoms with van der Waals surface area (Å²) in [6.45, 7) is 5.79. The van der Waals surface area contributed by atoms with E-state index in [4.69, 9.17) is 0 Å². The molecule has 0 radical (unpaired) electrons. The minimum atomic E-state index is -0.453. The number of rotatable bonds is 6. The Balaban J connectivity index is 2.37. The highest BCUT2D eigenvalue weighted by Crippen LogP contribution is 2.12. The van der Waals surface area contributed by atoms with Gasteiger partial charge in [0.25, 0.3) is 0 Å². The van der Waals surface area contributed by atoms with Gasteiger partial charge in [0.05, 0.1) is 0 Å². The maximum atomic E-state index is 13.2. The van der Waals surface area contributed by atoms with Gasteiger partial charge in [0.1, 0.15) is 11.6 Å². The predicted octanol–water partition coefficient (Wildman–Crippen LogP) is 3.14. The Hall–Kier alpha value is -0.960. The van der Waals surface area contributed by atoms with Crippen LogP contribution in [0.15, 0.2) is 18.2 Å². The molecule has 0 spiro atoms. The SMILES string of the molecule is CCC(C)CNCCc1c(F)cccc1F. The molecule has 0 aromatic heterocycles. The van der Waals surface area contributed by atoms with Crippen LogP contribution in [0.2, 0.25) is 0 Å². The summed E-state index contributed by atoms with van der Waals surface area (Å²) < 4.78 is 26.5. The number of hydrogen-bond donors (Lipinski definition) is 1. The van der Waals surface area contributed by atoms with Crippen LogP contribution in [0, 0.1) is 17.6 Å². The predicted molar refractivity (Wildman–Crippen MR) is 62.4 cm³/mol. The van der Waals surface area contributed by atoms with E-state index in [-0.39, 0.29) is 5.56 Å². The normalized spacial score (nSPS) is 12.8. The van der Waals surface area contributed by atoms with E-state index in [1.54, 1.807) is 0 Å². The second-order valence-electron chi connectivity index (χ2n) is 4.17. The Morgan fingerprint density at radius 1 is 1.25 bits per heavy atom. The molecular formula is C13H19F2N. The summed E-state index contributed by atoms with van der Waals surface area (Å²) in [5.74, 6) is -0.304. The Morgan fingerprint density at radius 3 is 2.44 bits per heavy atom. The number of benzene rings is 1. The van der Waals surface area contributed by atoms with Crippen molar-refractivity contribution in [2.75, 3.05) is 13.1 Å². The summed E-state index contributed by atoms with van der Waals surface area (Å²) in [6, 6.07) is 3.99. The highest BCUT2D eigenvalue weighted by molar-refractivity contribution is 5.19. The van der Waals surface area contributed by atoms with Gasteiger partial charge < -0.3 is 5.32 Å². The highest BCUT2D eigenvalue weighted by Gasteiger charge is 2.07. The highest BCUT2D eigenvalue weighted by atomic mass is 19.1. The zero-order valence-electron chi connectivity index (χ0n) is 9.89. The van der Waals surface area contributed by atoms with Crippen molar-refractivity contribution in [2.45, 2.75) is 26.7 Å². The van der Waals surface area contributed by atoms with Gasteiger partial charge in [-0.25, -0.2) is 8.78 Å². The van der Waals surface area contributed by atoms with E-state index in [2.05, 4.69) is 19.2 Å². The molecule has 0 bridgehead atoms. The second-order valence-corrected chi connectivity index (χ2v) is 4.17. The molecule has 1 atom stereocenters. The van der Waals surface area contributed by atoms with E-state index in [1.807, 2.05) is 0 Å². The van der Waals surface area contributed by atoms with Crippen LogP contribution in [0.3, 0.4) is 0 Å². The molecule has 0 saturated carbocycles. The van der Waals surface area contributed by atoms with Crippen molar-refractivity contribution >= 4 is 0 Å². The maximum absolute atomic E-state index is 13.2. The van der Waals surface area contributed by atoms with Crippen molar-refractivity contribution in [1.29, 1.82) is 0 Å². The summed E-state index contributed by atoms with van der Waals surface area (Å²) >= 11 is 0. The van der Waals surface area contributed by atoms with Gasteiger partial charge in [0.15, 0.2) is 0 Å².